The number of hydrogen-bond donors (Lipinski definition) is 2. The topological polar surface area (TPSA) is 75.6 Å². The lowest BCUT2D eigenvalue weighted by Gasteiger charge is -2.25. The second-order valence-corrected chi connectivity index (χ2v) is 5.74. The minimum absolute atomic E-state index is 0.0348. The Morgan fingerprint density at radius 2 is 2.00 bits per heavy atom. The zero-order valence-corrected chi connectivity index (χ0v) is 12.8. The number of carbonyl (C=O) groups is 2. The van der Waals surface area contributed by atoms with Crippen molar-refractivity contribution in [3.05, 3.63) is 29.8 Å². The van der Waals surface area contributed by atoms with Crippen LogP contribution >= 0.6 is 0 Å². The molecule has 0 saturated heterocycles. The van der Waals surface area contributed by atoms with E-state index in [1.165, 1.54) is 0 Å². The fourth-order valence-corrected chi connectivity index (χ4v) is 1.89. The fraction of sp³-hybridized carbons (Fsp3) is 0.500. The summed E-state index contributed by atoms with van der Waals surface area (Å²) in [5, 5.41) is 11.5. The molecule has 0 unspecified atom stereocenters. The number of rotatable bonds is 8. The van der Waals surface area contributed by atoms with E-state index >= 15 is 0 Å². The third kappa shape index (κ3) is 7.34. The monoisotopic (exact) mass is 293 g/mol. The first kappa shape index (κ1) is 17.0. The quantitative estimate of drug-likeness (QED) is 0.772. The highest BCUT2D eigenvalue weighted by Gasteiger charge is 2.21. The number of carboxylic acids is 1. The molecule has 1 amide bonds. The van der Waals surface area contributed by atoms with Crippen LogP contribution in [-0.2, 0) is 9.59 Å². The van der Waals surface area contributed by atoms with Crippen molar-refractivity contribution in [1.29, 1.82) is 0 Å². The van der Waals surface area contributed by atoms with Gasteiger partial charge < -0.3 is 15.2 Å². The number of ether oxygens (including phenoxy) is 1. The van der Waals surface area contributed by atoms with Crippen LogP contribution in [-0.4, -0.2) is 29.1 Å². The summed E-state index contributed by atoms with van der Waals surface area (Å²) in [7, 11) is 0. The molecule has 0 aliphatic rings. The predicted molar refractivity (Wildman–Crippen MR) is 80.4 cm³/mol. The van der Waals surface area contributed by atoms with E-state index in [0.29, 0.717) is 13.0 Å². The van der Waals surface area contributed by atoms with Crippen LogP contribution in [0.5, 0.6) is 5.75 Å². The number of amides is 1. The molecule has 1 aromatic carbocycles. The van der Waals surface area contributed by atoms with Gasteiger partial charge in [0.05, 0.1) is 13.0 Å². The zero-order valence-electron chi connectivity index (χ0n) is 12.8. The number of nitrogens with one attached hydrogen (secondary N) is 1. The van der Waals surface area contributed by atoms with Gasteiger partial charge in [-0.2, -0.15) is 0 Å². The number of hydrogen-bond acceptors (Lipinski definition) is 3. The summed E-state index contributed by atoms with van der Waals surface area (Å²) in [6.45, 7) is 5.90. The Bertz CT molecular complexity index is 497. The predicted octanol–water partition coefficient (Wildman–Crippen LogP) is 2.52. The molecular weight excluding hydrogens is 270 g/mol. The molecule has 21 heavy (non-hydrogen) atoms. The molecular formula is C16H23NO4. The maximum Gasteiger partial charge on any atom is 0.303 e. The Kier molecular flexibility index (Phi) is 6.21. The Morgan fingerprint density at radius 1 is 1.29 bits per heavy atom. The average molecular weight is 293 g/mol. The Morgan fingerprint density at radius 3 is 2.62 bits per heavy atom. The van der Waals surface area contributed by atoms with Gasteiger partial charge in [-0.15, -0.1) is 0 Å². The minimum atomic E-state index is -0.861. The van der Waals surface area contributed by atoms with Crippen LogP contribution in [0.3, 0.4) is 0 Å². The first-order chi connectivity index (χ1) is 9.78. The Hall–Kier alpha value is -2.04. The van der Waals surface area contributed by atoms with Gasteiger partial charge in [0.15, 0.2) is 0 Å². The van der Waals surface area contributed by atoms with E-state index in [-0.39, 0.29) is 18.7 Å². The van der Waals surface area contributed by atoms with Crippen molar-refractivity contribution in [2.24, 2.45) is 0 Å². The van der Waals surface area contributed by atoms with Crippen molar-refractivity contribution in [1.82, 2.24) is 5.32 Å². The van der Waals surface area contributed by atoms with Gasteiger partial charge in [0.1, 0.15) is 5.75 Å². The number of aliphatic carboxylic acids is 1. The third-order valence-corrected chi connectivity index (χ3v) is 3.03. The number of carbonyl (C=O) groups excluding carboxylic acids is 1. The van der Waals surface area contributed by atoms with E-state index in [1.807, 2.05) is 45.0 Å². The normalized spacial score (nSPS) is 11.0. The molecule has 0 aliphatic carbocycles. The van der Waals surface area contributed by atoms with Crippen LogP contribution in [0, 0.1) is 6.92 Å². The summed E-state index contributed by atoms with van der Waals surface area (Å²) in [5.74, 6) is -0.258. The highest BCUT2D eigenvalue weighted by atomic mass is 16.5. The molecule has 0 bridgehead atoms. The highest BCUT2D eigenvalue weighted by Crippen LogP contribution is 2.13. The molecule has 116 valence electrons. The SMILES string of the molecule is Cc1cccc(OCCC(=O)NC(C)(C)CCC(=O)O)c1. The van der Waals surface area contributed by atoms with Crippen LogP contribution < -0.4 is 10.1 Å². The first-order valence-electron chi connectivity index (χ1n) is 7.01. The summed E-state index contributed by atoms with van der Waals surface area (Å²) in [6, 6.07) is 7.64. The molecule has 0 aliphatic heterocycles. The van der Waals surface area contributed by atoms with E-state index < -0.39 is 11.5 Å². The van der Waals surface area contributed by atoms with Crippen molar-refractivity contribution >= 4 is 11.9 Å². The lowest BCUT2D eigenvalue weighted by molar-refractivity contribution is -0.137. The van der Waals surface area contributed by atoms with Gasteiger partial charge >= 0.3 is 5.97 Å². The maximum atomic E-state index is 11.8. The molecule has 1 rings (SSSR count). The molecule has 5 heteroatoms. The lowest BCUT2D eigenvalue weighted by atomic mass is 9.98. The van der Waals surface area contributed by atoms with Crippen LogP contribution in [0.2, 0.25) is 0 Å². The van der Waals surface area contributed by atoms with Crippen molar-refractivity contribution in [3.8, 4) is 5.75 Å². The molecule has 0 atom stereocenters. The van der Waals surface area contributed by atoms with Crippen molar-refractivity contribution in [3.63, 3.8) is 0 Å². The summed E-state index contributed by atoms with van der Waals surface area (Å²) in [4.78, 5) is 22.4. The number of aryl methyl sites for hydroxylation is 1. The van der Waals surface area contributed by atoms with Gasteiger partial charge in [0.2, 0.25) is 5.91 Å². The van der Waals surface area contributed by atoms with E-state index in [1.54, 1.807) is 0 Å². The van der Waals surface area contributed by atoms with Gasteiger partial charge in [0, 0.05) is 12.0 Å². The van der Waals surface area contributed by atoms with Gasteiger partial charge in [-0.25, -0.2) is 0 Å². The van der Waals surface area contributed by atoms with E-state index in [0.717, 1.165) is 11.3 Å². The molecule has 5 nitrogen and oxygen atoms in total. The Balaban J connectivity index is 2.32. The van der Waals surface area contributed by atoms with Crippen LogP contribution in [0.4, 0.5) is 0 Å². The van der Waals surface area contributed by atoms with Crippen LogP contribution in [0.15, 0.2) is 24.3 Å². The van der Waals surface area contributed by atoms with Gasteiger partial charge in [-0.05, 0) is 44.9 Å². The van der Waals surface area contributed by atoms with Gasteiger partial charge in [-0.3, -0.25) is 9.59 Å². The number of benzene rings is 1. The Labute approximate surface area is 125 Å². The van der Waals surface area contributed by atoms with Crippen molar-refractivity contribution < 1.29 is 19.4 Å². The second-order valence-electron chi connectivity index (χ2n) is 5.74. The molecule has 0 fully saturated rings. The largest absolute Gasteiger partial charge is 0.493 e. The molecule has 1 aromatic rings. The second kappa shape index (κ2) is 7.67. The molecule has 2 N–H and O–H groups in total. The molecule has 0 saturated carbocycles. The standard InChI is InChI=1S/C16H23NO4/c1-12-5-4-6-13(11-12)21-10-8-14(18)17-16(2,3)9-7-15(19)20/h4-6,11H,7-10H2,1-3H3,(H,17,18)(H,19,20). The summed E-state index contributed by atoms with van der Waals surface area (Å²) in [6.07, 6.45) is 0.671. The molecule has 0 spiro atoms. The van der Waals surface area contributed by atoms with Gasteiger partial charge in [-0.1, -0.05) is 12.1 Å². The van der Waals surface area contributed by atoms with E-state index in [4.69, 9.17) is 9.84 Å². The zero-order chi connectivity index (χ0) is 15.9. The molecule has 0 radical (unpaired) electrons. The highest BCUT2D eigenvalue weighted by molar-refractivity contribution is 5.77. The average Bonchev–Trinajstić information content (AvgIpc) is 2.36. The van der Waals surface area contributed by atoms with E-state index in [9.17, 15) is 9.59 Å². The summed E-state index contributed by atoms with van der Waals surface area (Å²) < 4.78 is 5.52. The van der Waals surface area contributed by atoms with Crippen LogP contribution in [0.1, 0.15) is 38.7 Å². The first-order valence-corrected chi connectivity index (χ1v) is 7.01. The fourth-order valence-electron chi connectivity index (χ4n) is 1.89. The van der Waals surface area contributed by atoms with Crippen molar-refractivity contribution in [2.45, 2.75) is 45.6 Å². The third-order valence-electron chi connectivity index (χ3n) is 3.03. The smallest absolute Gasteiger partial charge is 0.303 e. The van der Waals surface area contributed by atoms with Gasteiger partial charge in [0.25, 0.3) is 0 Å². The van der Waals surface area contributed by atoms with Crippen molar-refractivity contribution in [2.75, 3.05) is 6.61 Å². The number of carboxylic acid groups (broad SMARTS) is 1. The lowest BCUT2D eigenvalue weighted by Crippen LogP contribution is -2.44. The summed E-state index contributed by atoms with van der Waals surface area (Å²) >= 11 is 0. The summed E-state index contributed by atoms with van der Waals surface area (Å²) in [5.41, 5.74) is 0.575. The molecule has 0 aromatic heterocycles. The molecule has 0 heterocycles. The minimum Gasteiger partial charge on any atom is -0.493 e. The van der Waals surface area contributed by atoms with Crippen LogP contribution in [0.25, 0.3) is 0 Å². The van der Waals surface area contributed by atoms with E-state index in [2.05, 4.69) is 5.32 Å². The maximum absolute atomic E-state index is 11.8.